The number of rotatable bonds is 8. The summed E-state index contributed by atoms with van der Waals surface area (Å²) in [4.78, 5) is 12.4. The number of hydrogen-bond donors (Lipinski definition) is 2. The van der Waals surface area contributed by atoms with E-state index in [1.165, 1.54) is 5.56 Å². The fourth-order valence-electron chi connectivity index (χ4n) is 3.65. The second-order valence-corrected chi connectivity index (χ2v) is 7.22. The van der Waals surface area contributed by atoms with Crippen LogP contribution in [-0.4, -0.2) is 43.9 Å². The molecule has 0 aromatic heterocycles. The third-order valence-corrected chi connectivity index (χ3v) is 5.32. The van der Waals surface area contributed by atoms with E-state index >= 15 is 0 Å². The maximum absolute atomic E-state index is 12.4. The second-order valence-electron chi connectivity index (χ2n) is 7.22. The first-order valence-corrected chi connectivity index (χ1v) is 9.43. The first kappa shape index (κ1) is 18.4. The molecule has 1 saturated heterocycles. The lowest BCUT2D eigenvalue weighted by atomic mass is 9.88. The van der Waals surface area contributed by atoms with Gasteiger partial charge in [-0.2, -0.15) is 0 Å². The summed E-state index contributed by atoms with van der Waals surface area (Å²) < 4.78 is 11.1. The Morgan fingerprint density at radius 2 is 2.04 bits per heavy atom. The third-order valence-electron chi connectivity index (χ3n) is 5.32. The Bertz CT molecular complexity index is 557. The van der Waals surface area contributed by atoms with Crippen molar-refractivity contribution in [1.82, 2.24) is 10.6 Å². The molecule has 1 amide bonds. The lowest BCUT2D eigenvalue weighted by Gasteiger charge is -2.40. The number of carbonyl (C=O) groups excluding carboxylic acids is 1. The van der Waals surface area contributed by atoms with Crippen LogP contribution in [-0.2, 0) is 14.3 Å². The van der Waals surface area contributed by atoms with Gasteiger partial charge in [-0.05, 0) is 38.7 Å². The van der Waals surface area contributed by atoms with Gasteiger partial charge in [0.05, 0.1) is 12.0 Å². The Balaban J connectivity index is 1.58. The molecule has 1 aromatic carbocycles. The Kier molecular flexibility index (Phi) is 6.10. The van der Waals surface area contributed by atoms with E-state index in [1.54, 1.807) is 0 Å². The fourth-order valence-corrected chi connectivity index (χ4v) is 3.65. The van der Waals surface area contributed by atoms with Crippen molar-refractivity contribution >= 4 is 5.91 Å². The molecule has 2 fully saturated rings. The van der Waals surface area contributed by atoms with Crippen LogP contribution < -0.4 is 10.6 Å². The highest BCUT2D eigenvalue weighted by Gasteiger charge is 2.44. The zero-order chi connectivity index (χ0) is 17.7. The number of hydrogen-bond acceptors (Lipinski definition) is 4. The van der Waals surface area contributed by atoms with Gasteiger partial charge < -0.3 is 20.1 Å². The summed E-state index contributed by atoms with van der Waals surface area (Å²) >= 11 is 0. The molecule has 1 saturated carbocycles. The lowest BCUT2D eigenvalue weighted by molar-refractivity contribution is -0.123. The standard InChI is InChI=1S/C20H30N2O3/c1-3-25-18-13-17(18)19(23)21-14-20(9-11-24-12-10-20)22-15(2)16-7-5-4-6-8-16/h4-8,15,17-18,22H,3,9-14H2,1-2H3,(H,21,23). The molecule has 3 unspecified atom stereocenters. The van der Waals surface area contributed by atoms with E-state index in [2.05, 4.69) is 41.8 Å². The maximum Gasteiger partial charge on any atom is 0.225 e. The first-order valence-electron chi connectivity index (χ1n) is 9.43. The smallest absolute Gasteiger partial charge is 0.225 e. The van der Waals surface area contributed by atoms with Crippen LogP contribution in [0.1, 0.15) is 44.7 Å². The highest BCUT2D eigenvalue weighted by atomic mass is 16.5. The minimum absolute atomic E-state index is 0.0309. The summed E-state index contributed by atoms with van der Waals surface area (Å²) in [6.07, 6.45) is 2.78. The molecule has 1 aliphatic heterocycles. The van der Waals surface area contributed by atoms with Gasteiger partial charge in [-0.15, -0.1) is 0 Å². The molecule has 0 bridgehead atoms. The zero-order valence-electron chi connectivity index (χ0n) is 15.3. The summed E-state index contributed by atoms with van der Waals surface area (Å²) in [6.45, 7) is 6.93. The van der Waals surface area contributed by atoms with Crippen molar-refractivity contribution in [3.8, 4) is 0 Å². The van der Waals surface area contributed by atoms with Crippen LogP contribution in [0.3, 0.4) is 0 Å². The number of carbonyl (C=O) groups is 1. The van der Waals surface area contributed by atoms with Gasteiger partial charge in [0, 0.05) is 37.9 Å². The van der Waals surface area contributed by atoms with E-state index in [-0.39, 0.29) is 29.5 Å². The minimum atomic E-state index is -0.112. The van der Waals surface area contributed by atoms with E-state index in [1.807, 2.05) is 13.0 Å². The highest BCUT2D eigenvalue weighted by molar-refractivity contribution is 5.82. The van der Waals surface area contributed by atoms with Crippen molar-refractivity contribution in [2.75, 3.05) is 26.4 Å². The van der Waals surface area contributed by atoms with Gasteiger partial charge in [-0.25, -0.2) is 0 Å². The van der Waals surface area contributed by atoms with E-state index < -0.39 is 0 Å². The highest BCUT2D eigenvalue weighted by Crippen LogP contribution is 2.34. The SMILES string of the molecule is CCOC1CC1C(=O)NCC1(NC(C)c2ccccc2)CCOCC1. The summed E-state index contributed by atoms with van der Waals surface area (Å²) in [5, 5.41) is 6.94. The molecule has 1 aliphatic carbocycles. The van der Waals surface area contributed by atoms with Crippen molar-refractivity contribution in [2.45, 2.75) is 50.8 Å². The van der Waals surface area contributed by atoms with E-state index in [9.17, 15) is 4.79 Å². The lowest BCUT2D eigenvalue weighted by Crippen LogP contribution is -2.57. The van der Waals surface area contributed by atoms with Gasteiger partial charge in [0.2, 0.25) is 5.91 Å². The summed E-state index contributed by atoms with van der Waals surface area (Å²) in [7, 11) is 0. The molecule has 3 rings (SSSR count). The van der Waals surface area contributed by atoms with Crippen LogP contribution >= 0.6 is 0 Å². The minimum Gasteiger partial charge on any atom is -0.381 e. The van der Waals surface area contributed by atoms with E-state index in [0.29, 0.717) is 13.2 Å². The van der Waals surface area contributed by atoms with Gasteiger partial charge in [0.15, 0.2) is 0 Å². The van der Waals surface area contributed by atoms with Crippen LogP contribution in [0.25, 0.3) is 0 Å². The predicted molar refractivity (Wildman–Crippen MR) is 97.3 cm³/mol. The Hall–Kier alpha value is -1.43. The van der Waals surface area contributed by atoms with Gasteiger partial charge in [-0.3, -0.25) is 4.79 Å². The Morgan fingerprint density at radius 3 is 2.72 bits per heavy atom. The molecule has 1 aromatic rings. The van der Waals surface area contributed by atoms with E-state index in [0.717, 1.165) is 32.5 Å². The van der Waals surface area contributed by atoms with Gasteiger partial charge in [0.25, 0.3) is 0 Å². The van der Waals surface area contributed by atoms with Crippen molar-refractivity contribution < 1.29 is 14.3 Å². The molecule has 3 atom stereocenters. The average Bonchev–Trinajstić information content (AvgIpc) is 3.41. The topological polar surface area (TPSA) is 59.6 Å². The van der Waals surface area contributed by atoms with Crippen LogP contribution in [0, 0.1) is 5.92 Å². The molecule has 0 spiro atoms. The number of ether oxygens (including phenoxy) is 2. The molecule has 138 valence electrons. The summed E-state index contributed by atoms with van der Waals surface area (Å²) in [5.41, 5.74) is 1.15. The molecule has 5 heteroatoms. The van der Waals surface area contributed by atoms with Gasteiger partial charge >= 0.3 is 0 Å². The average molecular weight is 346 g/mol. The van der Waals surface area contributed by atoms with Crippen molar-refractivity contribution in [3.05, 3.63) is 35.9 Å². The molecule has 2 N–H and O–H groups in total. The summed E-state index contributed by atoms with van der Waals surface area (Å²) in [6, 6.07) is 10.7. The third kappa shape index (κ3) is 4.81. The quantitative estimate of drug-likeness (QED) is 0.759. The number of amides is 1. The van der Waals surface area contributed by atoms with Crippen molar-refractivity contribution in [2.24, 2.45) is 5.92 Å². The maximum atomic E-state index is 12.4. The van der Waals surface area contributed by atoms with Gasteiger partial charge in [-0.1, -0.05) is 30.3 Å². The van der Waals surface area contributed by atoms with Crippen LogP contribution in [0.5, 0.6) is 0 Å². The molecule has 5 nitrogen and oxygen atoms in total. The molecule has 2 aliphatic rings. The zero-order valence-corrected chi connectivity index (χ0v) is 15.3. The first-order chi connectivity index (χ1) is 12.1. The number of benzene rings is 1. The second kappa shape index (κ2) is 8.30. The van der Waals surface area contributed by atoms with Crippen molar-refractivity contribution in [1.29, 1.82) is 0 Å². The van der Waals surface area contributed by atoms with E-state index in [4.69, 9.17) is 9.47 Å². The van der Waals surface area contributed by atoms with Gasteiger partial charge in [0.1, 0.15) is 0 Å². The Labute approximate surface area is 150 Å². The molecule has 0 radical (unpaired) electrons. The Morgan fingerprint density at radius 1 is 1.32 bits per heavy atom. The molecular weight excluding hydrogens is 316 g/mol. The largest absolute Gasteiger partial charge is 0.381 e. The molecule has 25 heavy (non-hydrogen) atoms. The molecular formula is C20H30N2O3. The van der Waals surface area contributed by atoms with Crippen LogP contribution in [0.15, 0.2) is 30.3 Å². The predicted octanol–water partition coefficient (Wildman–Crippen LogP) is 2.43. The van der Waals surface area contributed by atoms with Crippen molar-refractivity contribution in [3.63, 3.8) is 0 Å². The normalized spacial score (nSPS) is 26.0. The monoisotopic (exact) mass is 346 g/mol. The fraction of sp³-hybridized carbons (Fsp3) is 0.650. The van der Waals surface area contributed by atoms with Crippen LogP contribution in [0.2, 0.25) is 0 Å². The van der Waals surface area contributed by atoms with Crippen LogP contribution in [0.4, 0.5) is 0 Å². The summed E-state index contributed by atoms with van der Waals surface area (Å²) in [5.74, 6) is 0.155. The molecule has 1 heterocycles. The number of nitrogens with one attached hydrogen (secondary N) is 2.